The monoisotopic (exact) mass is 113 g/mol. The first-order valence-corrected chi connectivity index (χ1v) is 1.83. The summed E-state index contributed by atoms with van der Waals surface area (Å²) < 4.78 is 0. The van der Waals surface area contributed by atoms with E-state index in [4.69, 9.17) is 5.84 Å². The van der Waals surface area contributed by atoms with Gasteiger partial charge in [0, 0.05) is 0 Å². The van der Waals surface area contributed by atoms with Crippen molar-refractivity contribution in [1.82, 2.24) is 20.3 Å². The lowest BCUT2D eigenvalue weighted by molar-refractivity contribution is 0.111. The summed E-state index contributed by atoms with van der Waals surface area (Å²) in [6.07, 6.45) is 0.472. The van der Waals surface area contributed by atoms with Crippen LogP contribution in [0.25, 0.3) is 0 Å². The van der Waals surface area contributed by atoms with Crippen LogP contribution in [0.1, 0.15) is 10.6 Å². The molecule has 6 nitrogen and oxygen atoms in total. The number of carbonyl (C=O) groups excluding carboxylic acids is 1. The number of tetrazole rings is 1. The van der Waals surface area contributed by atoms with Crippen LogP contribution in [-0.4, -0.2) is 26.6 Å². The smallest absolute Gasteiger partial charge is 0.236 e. The van der Waals surface area contributed by atoms with Crippen molar-refractivity contribution in [3.63, 3.8) is 0 Å². The molecule has 0 aliphatic carbocycles. The van der Waals surface area contributed by atoms with Gasteiger partial charge < -0.3 is 5.84 Å². The second-order valence-electron chi connectivity index (χ2n) is 1.10. The highest BCUT2D eigenvalue weighted by molar-refractivity contribution is 5.68. The van der Waals surface area contributed by atoms with Crippen molar-refractivity contribution in [1.29, 1.82) is 0 Å². The Morgan fingerprint density at radius 3 is 2.75 bits per heavy atom. The SMILES string of the molecule is Nn1nnnc1C=O. The van der Waals surface area contributed by atoms with Crippen LogP contribution in [-0.2, 0) is 0 Å². The molecule has 0 saturated carbocycles. The average molecular weight is 113 g/mol. The predicted molar refractivity (Wildman–Crippen MR) is 23.4 cm³/mol. The summed E-state index contributed by atoms with van der Waals surface area (Å²) in [6.45, 7) is 0. The fourth-order valence-electron chi connectivity index (χ4n) is 0.278. The Morgan fingerprint density at radius 1 is 1.75 bits per heavy atom. The molecule has 2 N–H and O–H groups in total. The first kappa shape index (κ1) is 4.69. The van der Waals surface area contributed by atoms with E-state index in [1.807, 2.05) is 0 Å². The lowest BCUT2D eigenvalue weighted by atomic mass is 10.7. The Balaban J connectivity index is 3.09. The maximum atomic E-state index is 9.85. The molecule has 0 bridgehead atoms. The molecule has 8 heavy (non-hydrogen) atoms. The zero-order valence-corrected chi connectivity index (χ0v) is 3.85. The van der Waals surface area contributed by atoms with Crippen molar-refractivity contribution in [3.05, 3.63) is 5.82 Å². The Kier molecular flexibility index (Phi) is 0.918. The number of carbonyl (C=O) groups is 1. The zero-order valence-electron chi connectivity index (χ0n) is 3.85. The molecule has 0 amide bonds. The third kappa shape index (κ3) is 0.512. The summed E-state index contributed by atoms with van der Waals surface area (Å²) in [5.41, 5.74) is 0. The summed E-state index contributed by atoms with van der Waals surface area (Å²) in [4.78, 5) is 10.6. The molecule has 1 rings (SSSR count). The van der Waals surface area contributed by atoms with Crippen molar-refractivity contribution in [2.45, 2.75) is 0 Å². The molecule has 0 aliphatic rings. The third-order valence-corrected chi connectivity index (χ3v) is 0.624. The van der Waals surface area contributed by atoms with E-state index in [1.54, 1.807) is 0 Å². The van der Waals surface area contributed by atoms with Crippen LogP contribution in [0.4, 0.5) is 0 Å². The summed E-state index contributed by atoms with van der Waals surface area (Å²) >= 11 is 0. The molecule has 0 aliphatic heterocycles. The van der Waals surface area contributed by atoms with Crippen LogP contribution >= 0.6 is 0 Å². The number of rotatable bonds is 1. The zero-order chi connectivity index (χ0) is 5.98. The lowest BCUT2D eigenvalue weighted by Gasteiger charge is -1.81. The van der Waals surface area contributed by atoms with Gasteiger partial charge in [0.2, 0.25) is 5.82 Å². The van der Waals surface area contributed by atoms with Crippen LogP contribution in [0.2, 0.25) is 0 Å². The molecule has 0 atom stereocenters. The second kappa shape index (κ2) is 1.57. The summed E-state index contributed by atoms with van der Waals surface area (Å²) in [6, 6.07) is 0. The Bertz CT molecular complexity index is 192. The van der Waals surface area contributed by atoms with E-state index in [0.29, 0.717) is 6.29 Å². The van der Waals surface area contributed by atoms with Crippen molar-refractivity contribution >= 4 is 6.29 Å². The van der Waals surface area contributed by atoms with E-state index in [2.05, 4.69) is 15.5 Å². The van der Waals surface area contributed by atoms with Gasteiger partial charge in [0.25, 0.3) is 0 Å². The fraction of sp³-hybridized carbons (Fsp3) is 0. The minimum absolute atomic E-state index is 0.0185. The Hall–Kier alpha value is -1.46. The molecule has 0 saturated heterocycles. The maximum Gasteiger partial charge on any atom is 0.236 e. The molecule has 6 heteroatoms. The normalized spacial score (nSPS) is 9.00. The van der Waals surface area contributed by atoms with Crippen molar-refractivity contribution in [2.75, 3.05) is 5.84 Å². The van der Waals surface area contributed by atoms with Crippen LogP contribution in [0, 0.1) is 0 Å². The highest BCUT2D eigenvalue weighted by Gasteiger charge is 1.96. The van der Waals surface area contributed by atoms with E-state index in [-0.39, 0.29) is 5.82 Å². The third-order valence-electron chi connectivity index (χ3n) is 0.624. The van der Waals surface area contributed by atoms with Gasteiger partial charge in [-0.3, -0.25) is 4.79 Å². The van der Waals surface area contributed by atoms with Crippen LogP contribution in [0.3, 0.4) is 0 Å². The number of aromatic nitrogens is 4. The molecular weight excluding hydrogens is 110 g/mol. The van der Waals surface area contributed by atoms with E-state index >= 15 is 0 Å². The molecule has 0 spiro atoms. The second-order valence-corrected chi connectivity index (χ2v) is 1.10. The first-order chi connectivity index (χ1) is 3.84. The van der Waals surface area contributed by atoms with Crippen molar-refractivity contribution < 1.29 is 4.79 Å². The van der Waals surface area contributed by atoms with Gasteiger partial charge in [-0.2, -0.15) is 0 Å². The first-order valence-electron chi connectivity index (χ1n) is 1.83. The van der Waals surface area contributed by atoms with Gasteiger partial charge in [-0.05, 0) is 10.4 Å². The van der Waals surface area contributed by atoms with E-state index in [9.17, 15) is 4.79 Å². The molecule has 1 heterocycles. The number of nitrogen functional groups attached to an aromatic ring is 1. The van der Waals surface area contributed by atoms with Crippen molar-refractivity contribution in [2.24, 2.45) is 0 Å². The molecular formula is C2H3N5O. The molecule has 0 fully saturated rings. The van der Waals surface area contributed by atoms with E-state index in [0.717, 1.165) is 4.79 Å². The van der Waals surface area contributed by atoms with Gasteiger partial charge in [0.15, 0.2) is 6.29 Å². The Labute approximate surface area is 44.3 Å². The molecule has 0 radical (unpaired) electrons. The predicted octanol–water partition coefficient (Wildman–Crippen LogP) is -1.80. The van der Waals surface area contributed by atoms with E-state index in [1.165, 1.54) is 0 Å². The average Bonchev–Trinajstić information content (AvgIpc) is 2.14. The minimum Gasteiger partial charge on any atom is -0.320 e. The van der Waals surface area contributed by atoms with Gasteiger partial charge >= 0.3 is 0 Å². The highest BCUT2D eigenvalue weighted by atomic mass is 16.1. The number of hydrogen-bond acceptors (Lipinski definition) is 5. The fourth-order valence-corrected chi connectivity index (χ4v) is 0.278. The van der Waals surface area contributed by atoms with Gasteiger partial charge in [0.1, 0.15) is 0 Å². The van der Waals surface area contributed by atoms with Crippen LogP contribution in [0.15, 0.2) is 0 Å². The molecule has 0 unspecified atom stereocenters. The Morgan fingerprint density at radius 2 is 2.50 bits per heavy atom. The standard InChI is InChI=1S/C2H3N5O/c3-7-2(1-8)4-5-6-7/h1H,3H2. The van der Waals surface area contributed by atoms with Gasteiger partial charge in [-0.25, -0.2) is 0 Å². The van der Waals surface area contributed by atoms with Crippen molar-refractivity contribution in [3.8, 4) is 0 Å². The number of nitrogens with zero attached hydrogens (tertiary/aromatic N) is 4. The summed E-state index contributed by atoms with van der Waals surface area (Å²) in [5.74, 6) is 5.02. The lowest BCUT2D eigenvalue weighted by Crippen LogP contribution is -2.13. The van der Waals surface area contributed by atoms with E-state index < -0.39 is 0 Å². The van der Waals surface area contributed by atoms with Crippen LogP contribution < -0.4 is 5.84 Å². The molecule has 0 aromatic carbocycles. The van der Waals surface area contributed by atoms with Gasteiger partial charge in [0.05, 0.1) is 0 Å². The topological polar surface area (TPSA) is 86.7 Å². The largest absolute Gasteiger partial charge is 0.320 e. The molecule has 1 aromatic heterocycles. The van der Waals surface area contributed by atoms with Gasteiger partial charge in [-0.1, -0.05) is 0 Å². The summed E-state index contributed by atoms with van der Waals surface area (Å²) in [7, 11) is 0. The molecule has 1 aromatic rings. The quantitative estimate of drug-likeness (QED) is 0.343. The maximum absolute atomic E-state index is 9.85. The number of aldehydes is 1. The number of hydrogen-bond donors (Lipinski definition) is 1. The molecule has 42 valence electrons. The summed E-state index contributed by atoms with van der Waals surface area (Å²) in [5, 5.41) is 9.53. The number of nitrogens with two attached hydrogens (primary N) is 1. The van der Waals surface area contributed by atoms with Gasteiger partial charge in [-0.15, -0.1) is 9.89 Å². The minimum atomic E-state index is 0.0185. The highest BCUT2D eigenvalue weighted by Crippen LogP contribution is 1.74. The van der Waals surface area contributed by atoms with Crippen LogP contribution in [0.5, 0.6) is 0 Å².